The molecule has 0 aliphatic heterocycles. The maximum absolute atomic E-state index is 13.7. The molecule has 6 nitrogen and oxygen atoms in total. The maximum Gasteiger partial charge on any atom is 0.256 e. The monoisotopic (exact) mass is 422 g/mol. The number of rotatable bonds is 5. The molecule has 1 saturated carbocycles. The second kappa shape index (κ2) is 8.03. The Morgan fingerprint density at radius 1 is 1.23 bits per heavy atom. The molecule has 2 heterocycles. The van der Waals surface area contributed by atoms with E-state index < -0.39 is 11.9 Å². The Kier molecular flexibility index (Phi) is 5.43. The van der Waals surface area contributed by atoms with E-state index in [1.54, 1.807) is 47.8 Å². The Morgan fingerprint density at radius 3 is 2.60 bits per heavy atom. The van der Waals surface area contributed by atoms with E-state index in [2.05, 4.69) is 23.0 Å². The lowest BCUT2D eigenvalue weighted by molar-refractivity contribution is -0.123. The van der Waals surface area contributed by atoms with E-state index in [9.17, 15) is 9.59 Å². The molecule has 2 aromatic rings. The zero-order valence-corrected chi connectivity index (χ0v) is 17.4. The van der Waals surface area contributed by atoms with Gasteiger partial charge in [0, 0.05) is 52.8 Å². The van der Waals surface area contributed by atoms with E-state index in [0.717, 1.165) is 11.5 Å². The molecule has 2 unspecified atom stereocenters. The summed E-state index contributed by atoms with van der Waals surface area (Å²) in [5.41, 5.74) is 6.55. The van der Waals surface area contributed by atoms with Gasteiger partial charge >= 0.3 is 0 Å². The Morgan fingerprint density at radius 2 is 1.97 bits per heavy atom. The van der Waals surface area contributed by atoms with Crippen LogP contribution < -0.4 is 5.73 Å². The molecule has 2 N–H and O–H groups in total. The average Bonchev–Trinajstić information content (AvgIpc) is 3.11. The summed E-state index contributed by atoms with van der Waals surface area (Å²) in [6, 6.07) is 5.70. The summed E-state index contributed by atoms with van der Waals surface area (Å²) in [6.45, 7) is 2.11. The topological polar surface area (TPSA) is 89.2 Å². The van der Waals surface area contributed by atoms with Gasteiger partial charge in [-0.3, -0.25) is 19.6 Å². The van der Waals surface area contributed by atoms with E-state index in [4.69, 9.17) is 17.3 Å². The van der Waals surface area contributed by atoms with Gasteiger partial charge in [0.25, 0.3) is 5.91 Å². The maximum atomic E-state index is 13.7. The SMILES string of the molecule is CC12CC[C@@H](N(C(=O)c3cccnc3)[C@@H](C(N)=O)c3cccnc3)C1C=CC=C2Cl. The van der Waals surface area contributed by atoms with Crippen molar-refractivity contribution < 1.29 is 9.59 Å². The van der Waals surface area contributed by atoms with Gasteiger partial charge in [0.15, 0.2) is 0 Å². The highest BCUT2D eigenvalue weighted by atomic mass is 35.5. The van der Waals surface area contributed by atoms with Gasteiger partial charge in [-0.15, -0.1) is 0 Å². The first-order valence-corrected chi connectivity index (χ1v) is 10.3. The molecule has 0 saturated heterocycles. The lowest BCUT2D eigenvalue weighted by atomic mass is 9.75. The van der Waals surface area contributed by atoms with Gasteiger partial charge in [-0.2, -0.15) is 0 Å². The normalized spacial score (nSPS) is 25.9. The molecule has 0 radical (unpaired) electrons. The Labute approximate surface area is 180 Å². The molecule has 2 aromatic heterocycles. The molecule has 0 spiro atoms. The van der Waals surface area contributed by atoms with Crippen LogP contribution >= 0.6 is 11.6 Å². The molecule has 2 aliphatic rings. The predicted octanol–water partition coefficient (Wildman–Crippen LogP) is 3.62. The lowest BCUT2D eigenvalue weighted by Crippen LogP contribution is -2.50. The van der Waals surface area contributed by atoms with Crippen LogP contribution in [0.1, 0.15) is 41.7 Å². The van der Waals surface area contributed by atoms with Crippen molar-refractivity contribution in [3.8, 4) is 0 Å². The molecular formula is C23H23ClN4O2. The molecule has 154 valence electrons. The Balaban J connectivity index is 1.82. The van der Waals surface area contributed by atoms with Crippen molar-refractivity contribution in [3.05, 3.63) is 83.4 Å². The fourth-order valence-corrected chi connectivity index (χ4v) is 4.99. The van der Waals surface area contributed by atoms with Crippen molar-refractivity contribution in [1.82, 2.24) is 14.9 Å². The molecule has 7 heteroatoms. The first-order chi connectivity index (χ1) is 14.4. The molecule has 0 bridgehead atoms. The third-order valence-electron chi connectivity index (χ3n) is 6.26. The minimum absolute atomic E-state index is 0.0332. The first kappa shape index (κ1) is 20.3. The summed E-state index contributed by atoms with van der Waals surface area (Å²) in [6.07, 6.45) is 13.7. The van der Waals surface area contributed by atoms with Gasteiger partial charge in [0.1, 0.15) is 6.04 Å². The largest absolute Gasteiger partial charge is 0.368 e. The summed E-state index contributed by atoms with van der Waals surface area (Å²) in [4.78, 5) is 36.2. The predicted molar refractivity (Wildman–Crippen MR) is 114 cm³/mol. The fourth-order valence-electron chi connectivity index (χ4n) is 4.70. The summed E-state index contributed by atoms with van der Waals surface area (Å²) < 4.78 is 0. The number of aromatic nitrogens is 2. The van der Waals surface area contributed by atoms with Gasteiger partial charge in [-0.25, -0.2) is 0 Å². The van der Waals surface area contributed by atoms with E-state index in [0.29, 0.717) is 17.5 Å². The first-order valence-electron chi connectivity index (χ1n) is 9.90. The van der Waals surface area contributed by atoms with Crippen LogP contribution in [-0.4, -0.2) is 32.7 Å². The van der Waals surface area contributed by atoms with Crippen LogP contribution in [0, 0.1) is 11.3 Å². The van der Waals surface area contributed by atoms with Crippen molar-refractivity contribution in [1.29, 1.82) is 0 Å². The smallest absolute Gasteiger partial charge is 0.256 e. The van der Waals surface area contributed by atoms with Crippen LogP contribution in [0.5, 0.6) is 0 Å². The van der Waals surface area contributed by atoms with Crippen LogP contribution in [-0.2, 0) is 4.79 Å². The van der Waals surface area contributed by atoms with E-state index in [1.165, 1.54) is 6.20 Å². The fraction of sp³-hybridized carbons (Fsp3) is 0.304. The number of nitrogens with zero attached hydrogens (tertiary/aromatic N) is 3. The standard InChI is InChI=1S/C23H23ClN4O2/c1-23-10-9-18(17(23)7-2-8-19(23)24)28(22(30)16-6-4-12-27-14-16)20(21(25)29)15-5-3-11-26-13-15/h2-8,11-14,17-18,20H,9-10H2,1H3,(H2,25,29)/t17?,18-,20-,23?/m1/s1. The highest BCUT2D eigenvalue weighted by Crippen LogP contribution is 2.54. The number of hydrogen-bond donors (Lipinski definition) is 1. The summed E-state index contributed by atoms with van der Waals surface area (Å²) in [5.74, 6) is -0.923. The third-order valence-corrected chi connectivity index (χ3v) is 6.82. The van der Waals surface area contributed by atoms with Gasteiger partial charge in [-0.05, 0) is 37.1 Å². The molecule has 2 aliphatic carbocycles. The summed E-state index contributed by atoms with van der Waals surface area (Å²) in [5, 5.41) is 0.767. The van der Waals surface area contributed by atoms with Gasteiger partial charge in [0.2, 0.25) is 5.91 Å². The van der Waals surface area contributed by atoms with Crippen LogP contribution in [0.25, 0.3) is 0 Å². The number of carbonyl (C=O) groups excluding carboxylic acids is 2. The van der Waals surface area contributed by atoms with E-state index in [-0.39, 0.29) is 23.3 Å². The Hall–Kier alpha value is -2.99. The molecular weight excluding hydrogens is 400 g/mol. The van der Waals surface area contributed by atoms with Crippen LogP contribution in [0.2, 0.25) is 0 Å². The third kappa shape index (κ3) is 3.41. The van der Waals surface area contributed by atoms with E-state index >= 15 is 0 Å². The van der Waals surface area contributed by atoms with Crippen molar-refractivity contribution in [2.45, 2.75) is 31.8 Å². The highest BCUT2D eigenvalue weighted by Gasteiger charge is 2.51. The van der Waals surface area contributed by atoms with E-state index in [1.807, 2.05) is 12.2 Å². The quantitative estimate of drug-likeness (QED) is 0.796. The minimum atomic E-state index is -0.947. The highest BCUT2D eigenvalue weighted by molar-refractivity contribution is 6.30. The number of pyridine rings is 2. The number of carbonyl (C=O) groups is 2. The minimum Gasteiger partial charge on any atom is -0.368 e. The molecule has 2 amide bonds. The molecule has 4 rings (SSSR count). The zero-order chi connectivity index (χ0) is 21.3. The average molecular weight is 423 g/mol. The molecule has 30 heavy (non-hydrogen) atoms. The molecule has 4 atom stereocenters. The number of hydrogen-bond acceptors (Lipinski definition) is 4. The second-order valence-electron chi connectivity index (χ2n) is 7.99. The molecule has 1 fully saturated rings. The van der Waals surface area contributed by atoms with Gasteiger partial charge in [-0.1, -0.05) is 36.7 Å². The van der Waals surface area contributed by atoms with Crippen molar-refractivity contribution in [3.63, 3.8) is 0 Å². The number of fused-ring (bicyclic) bond motifs is 1. The second-order valence-corrected chi connectivity index (χ2v) is 8.40. The van der Waals surface area contributed by atoms with Crippen molar-refractivity contribution in [2.24, 2.45) is 17.1 Å². The van der Waals surface area contributed by atoms with Crippen molar-refractivity contribution >= 4 is 23.4 Å². The summed E-state index contributed by atoms with van der Waals surface area (Å²) in [7, 11) is 0. The van der Waals surface area contributed by atoms with Crippen LogP contribution in [0.3, 0.4) is 0 Å². The number of allylic oxidation sites excluding steroid dienone is 3. The lowest BCUT2D eigenvalue weighted by Gasteiger charge is -2.41. The van der Waals surface area contributed by atoms with Crippen LogP contribution in [0.4, 0.5) is 0 Å². The van der Waals surface area contributed by atoms with Gasteiger partial charge in [0.05, 0.1) is 5.56 Å². The zero-order valence-electron chi connectivity index (χ0n) is 16.6. The number of amides is 2. The van der Waals surface area contributed by atoms with Crippen LogP contribution in [0.15, 0.2) is 72.3 Å². The van der Waals surface area contributed by atoms with Crippen molar-refractivity contribution in [2.75, 3.05) is 0 Å². The molecule has 0 aromatic carbocycles. The Bertz CT molecular complexity index is 1010. The number of halogens is 1. The number of nitrogens with two attached hydrogens (primary N) is 1. The number of primary amides is 1. The van der Waals surface area contributed by atoms with Gasteiger partial charge < -0.3 is 10.6 Å². The summed E-state index contributed by atoms with van der Waals surface area (Å²) >= 11 is 6.58.